The second kappa shape index (κ2) is 11.4. The zero-order valence-electron chi connectivity index (χ0n) is 18.7. The average molecular weight is 465 g/mol. The molecule has 0 saturated heterocycles. The van der Waals surface area contributed by atoms with Crippen LogP contribution in [-0.2, 0) is 16.0 Å². The fourth-order valence-corrected chi connectivity index (χ4v) is 4.36. The third-order valence-corrected chi connectivity index (χ3v) is 6.38. The Morgan fingerprint density at radius 2 is 1.58 bits per heavy atom. The number of carbonyl (C=O) groups is 3. The van der Waals surface area contributed by atoms with E-state index in [1.54, 1.807) is 26.0 Å². The van der Waals surface area contributed by atoms with Crippen molar-refractivity contribution < 1.29 is 19.1 Å². The number of esters is 1. The summed E-state index contributed by atoms with van der Waals surface area (Å²) in [5.74, 6) is -1.52. The Labute approximate surface area is 197 Å². The van der Waals surface area contributed by atoms with Gasteiger partial charge in [0.1, 0.15) is 0 Å². The predicted molar refractivity (Wildman–Crippen MR) is 130 cm³/mol. The molecule has 0 radical (unpaired) electrons. The number of hydrogen-bond donors (Lipinski definition) is 2. The summed E-state index contributed by atoms with van der Waals surface area (Å²) >= 11 is 1.05. The van der Waals surface area contributed by atoms with Crippen molar-refractivity contribution in [2.75, 3.05) is 6.61 Å². The van der Waals surface area contributed by atoms with E-state index in [4.69, 9.17) is 10.5 Å². The maximum Gasteiger partial charge on any atom is 0.308 e. The molecule has 3 rings (SSSR count). The van der Waals surface area contributed by atoms with E-state index in [9.17, 15) is 14.4 Å². The second-order valence-corrected chi connectivity index (χ2v) is 8.94. The summed E-state index contributed by atoms with van der Waals surface area (Å²) < 4.78 is 5.14. The van der Waals surface area contributed by atoms with Crippen LogP contribution in [0.3, 0.4) is 0 Å². The third-order valence-electron chi connectivity index (χ3n) is 5.28. The Morgan fingerprint density at radius 3 is 2.18 bits per heavy atom. The summed E-state index contributed by atoms with van der Waals surface area (Å²) in [7, 11) is 0. The fraction of sp³-hybridized carbons (Fsp3) is 0.269. The van der Waals surface area contributed by atoms with Crippen LogP contribution in [0, 0.1) is 5.92 Å². The minimum atomic E-state index is -0.565. The summed E-state index contributed by atoms with van der Waals surface area (Å²) in [6.07, 6.45) is 0.984. The summed E-state index contributed by atoms with van der Waals surface area (Å²) in [5, 5.41) is 3.02. The Hall–Kier alpha value is -3.45. The second-order valence-electron chi connectivity index (χ2n) is 7.85. The molecule has 0 spiro atoms. The number of thiophene rings is 1. The lowest BCUT2D eigenvalue weighted by molar-refractivity contribution is -0.147. The zero-order valence-corrected chi connectivity index (χ0v) is 19.6. The van der Waals surface area contributed by atoms with Gasteiger partial charge in [-0.25, -0.2) is 0 Å². The van der Waals surface area contributed by atoms with Gasteiger partial charge in [-0.3, -0.25) is 14.4 Å². The molecule has 0 saturated carbocycles. The summed E-state index contributed by atoms with van der Waals surface area (Å²) in [5.41, 5.74) is 8.58. The summed E-state index contributed by atoms with van der Waals surface area (Å²) in [6.45, 7) is 3.88. The van der Waals surface area contributed by atoms with Gasteiger partial charge in [-0.2, -0.15) is 0 Å². The molecule has 3 aromatic rings. The van der Waals surface area contributed by atoms with Crippen LogP contribution in [0.5, 0.6) is 0 Å². The van der Waals surface area contributed by atoms with Gasteiger partial charge in [0.15, 0.2) is 0 Å². The molecule has 33 heavy (non-hydrogen) atoms. The number of benzene rings is 2. The number of rotatable bonds is 10. The van der Waals surface area contributed by atoms with Gasteiger partial charge < -0.3 is 15.8 Å². The molecule has 6 nitrogen and oxygen atoms in total. The fourth-order valence-electron chi connectivity index (χ4n) is 3.60. The van der Waals surface area contributed by atoms with Crippen LogP contribution in [0.15, 0.2) is 66.7 Å². The molecule has 1 heterocycles. The van der Waals surface area contributed by atoms with Crippen LogP contribution in [0.25, 0.3) is 11.1 Å². The highest BCUT2D eigenvalue weighted by Crippen LogP contribution is 2.22. The number of amides is 2. The topological polar surface area (TPSA) is 98.5 Å². The van der Waals surface area contributed by atoms with Gasteiger partial charge in [0.05, 0.1) is 22.3 Å². The monoisotopic (exact) mass is 464 g/mol. The molecule has 0 aliphatic rings. The molecule has 0 fully saturated rings. The number of hydrogen-bond acceptors (Lipinski definition) is 5. The van der Waals surface area contributed by atoms with E-state index < -0.39 is 5.91 Å². The van der Waals surface area contributed by atoms with Crippen LogP contribution >= 0.6 is 11.3 Å². The first-order valence-corrected chi connectivity index (χ1v) is 11.7. The van der Waals surface area contributed by atoms with Crippen LogP contribution in [0.2, 0.25) is 0 Å². The van der Waals surface area contributed by atoms with E-state index in [2.05, 4.69) is 29.6 Å². The molecule has 2 atom stereocenters. The van der Waals surface area contributed by atoms with Crippen molar-refractivity contribution in [3.63, 3.8) is 0 Å². The number of ether oxygens (including phenoxy) is 1. The van der Waals surface area contributed by atoms with E-state index >= 15 is 0 Å². The lowest BCUT2D eigenvalue weighted by Gasteiger charge is -2.22. The van der Waals surface area contributed by atoms with Crippen molar-refractivity contribution in [2.45, 2.75) is 32.7 Å². The van der Waals surface area contributed by atoms with Gasteiger partial charge in [0.2, 0.25) is 0 Å². The Morgan fingerprint density at radius 1 is 0.939 bits per heavy atom. The van der Waals surface area contributed by atoms with Gasteiger partial charge >= 0.3 is 5.97 Å². The molecule has 172 valence electrons. The van der Waals surface area contributed by atoms with Crippen molar-refractivity contribution in [1.82, 2.24) is 5.32 Å². The Kier molecular flexibility index (Phi) is 8.38. The van der Waals surface area contributed by atoms with E-state index in [1.165, 1.54) is 0 Å². The molecular weight excluding hydrogens is 436 g/mol. The van der Waals surface area contributed by atoms with E-state index in [1.807, 2.05) is 30.3 Å². The highest BCUT2D eigenvalue weighted by Gasteiger charge is 2.23. The molecular formula is C26H28N2O4S. The molecule has 1 aromatic heterocycles. The largest absolute Gasteiger partial charge is 0.466 e. The van der Waals surface area contributed by atoms with E-state index in [-0.39, 0.29) is 23.8 Å². The molecule has 3 N–H and O–H groups in total. The maximum atomic E-state index is 12.8. The van der Waals surface area contributed by atoms with E-state index in [0.717, 1.165) is 28.0 Å². The summed E-state index contributed by atoms with van der Waals surface area (Å²) in [4.78, 5) is 37.1. The first-order valence-electron chi connectivity index (χ1n) is 10.9. The normalized spacial score (nSPS) is 12.5. The maximum absolute atomic E-state index is 12.8. The Bertz CT molecular complexity index is 1090. The standard InChI is InChI=1S/C26H28N2O4S/c1-3-32-26(31)17(2)15-21(28-25(30)23-14-13-22(33-23)24(27)29)16-18-9-11-20(12-10-18)19-7-5-4-6-8-19/h4-14,17,21H,3,15-16H2,1-2H3,(H2,27,29)(H,28,30). The molecule has 0 aliphatic carbocycles. The van der Waals surface area contributed by atoms with Crippen LogP contribution < -0.4 is 11.1 Å². The minimum Gasteiger partial charge on any atom is -0.466 e. The third kappa shape index (κ3) is 6.76. The van der Waals surface area contributed by atoms with Gasteiger partial charge in [0.25, 0.3) is 11.8 Å². The van der Waals surface area contributed by atoms with E-state index in [0.29, 0.717) is 29.2 Å². The van der Waals surface area contributed by atoms with Crippen molar-refractivity contribution in [1.29, 1.82) is 0 Å². The van der Waals surface area contributed by atoms with Gasteiger partial charge in [-0.1, -0.05) is 61.5 Å². The lowest BCUT2D eigenvalue weighted by atomic mass is 9.95. The first kappa shape index (κ1) is 24.2. The SMILES string of the molecule is CCOC(=O)C(C)CC(Cc1ccc(-c2ccccc2)cc1)NC(=O)c1ccc(C(N)=O)s1. The van der Waals surface area contributed by atoms with Gasteiger partial charge in [-0.05, 0) is 48.6 Å². The number of carbonyl (C=O) groups excluding carboxylic acids is 3. The Balaban J connectivity index is 1.75. The van der Waals surface area contributed by atoms with Crippen LogP contribution in [0.1, 0.15) is 45.2 Å². The van der Waals surface area contributed by atoms with Crippen LogP contribution in [0.4, 0.5) is 0 Å². The smallest absolute Gasteiger partial charge is 0.308 e. The zero-order chi connectivity index (χ0) is 23.8. The van der Waals surface area contributed by atoms with Crippen molar-refractivity contribution >= 4 is 29.1 Å². The molecule has 2 amide bonds. The number of nitrogens with one attached hydrogen (secondary N) is 1. The lowest BCUT2D eigenvalue weighted by Crippen LogP contribution is -2.38. The average Bonchev–Trinajstić information content (AvgIpc) is 3.31. The molecule has 2 aromatic carbocycles. The van der Waals surface area contributed by atoms with Crippen molar-refractivity contribution in [3.05, 3.63) is 82.0 Å². The molecule has 0 bridgehead atoms. The quantitative estimate of drug-likeness (QED) is 0.433. The molecule has 0 aliphatic heterocycles. The first-order chi connectivity index (χ1) is 15.9. The number of primary amides is 1. The molecule has 7 heteroatoms. The van der Waals surface area contributed by atoms with Crippen LogP contribution in [-0.4, -0.2) is 30.4 Å². The highest BCUT2D eigenvalue weighted by molar-refractivity contribution is 7.15. The minimum absolute atomic E-state index is 0.289. The highest BCUT2D eigenvalue weighted by atomic mass is 32.1. The van der Waals surface area contributed by atoms with Crippen molar-refractivity contribution in [2.24, 2.45) is 11.7 Å². The van der Waals surface area contributed by atoms with Crippen molar-refractivity contribution in [3.8, 4) is 11.1 Å². The molecule has 2 unspecified atom stereocenters. The predicted octanol–water partition coefficient (Wildman–Crippen LogP) is 4.44. The summed E-state index contributed by atoms with van der Waals surface area (Å²) in [6, 6.07) is 21.1. The van der Waals surface area contributed by atoms with Gasteiger partial charge in [-0.15, -0.1) is 11.3 Å². The number of nitrogens with two attached hydrogens (primary N) is 1. The van der Waals surface area contributed by atoms with Gasteiger partial charge in [0, 0.05) is 6.04 Å².